The summed E-state index contributed by atoms with van der Waals surface area (Å²) in [6.45, 7) is 4.45. The second-order valence-corrected chi connectivity index (χ2v) is 5.63. The fraction of sp³-hybridized carbons (Fsp3) is 0.588. The number of likely N-dealkylation sites (tertiary alicyclic amines) is 1. The molecule has 4 nitrogen and oxygen atoms in total. The second kappa shape index (κ2) is 10.5. The van der Waals surface area contributed by atoms with E-state index < -0.39 is 0 Å². The third-order valence-electron chi connectivity index (χ3n) is 3.92. The number of ether oxygens (including phenoxy) is 1. The smallest absolute Gasteiger partial charge is 0.224 e. The molecule has 124 valence electrons. The van der Waals surface area contributed by atoms with E-state index in [1.165, 1.54) is 38.9 Å². The van der Waals surface area contributed by atoms with Crippen LogP contribution >= 0.6 is 12.4 Å². The van der Waals surface area contributed by atoms with Crippen molar-refractivity contribution >= 4 is 18.3 Å². The number of amides is 1. The van der Waals surface area contributed by atoms with Gasteiger partial charge in [0.2, 0.25) is 5.91 Å². The Balaban J connectivity index is 0.00000242. The van der Waals surface area contributed by atoms with Crippen molar-refractivity contribution in [2.75, 3.05) is 33.3 Å². The van der Waals surface area contributed by atoms with Crippen molar-refractivity contribution in [3.63, 3.8) is 0 Å². The summed E-state index contributed by atoms with van der Waals surface area (Å²) < 4.78 is 5.16. The van der Waals surface area contributed by atoms with Gasteiger partial charge >= 0.3 is 0 Å². The molecule has 0 unspecified atom stereocenters. The molecule has 0 saturated carbocycles. The van der Waals surface area contributed by atoms with Gasteiger partial charge in [-0.1, -0.05) is 12.1 Å². The fourth-order valence-electron chi connectivity index (χ4n) is 2.72. The summed E-state index contributed by atoms with van der Waals surface area (Å²) in [5, 5.41) is 3.00. The minimum absolute atomic E-state index is 0. The SMILES string of the molecule is COc1cccc(CC(=O)NCCCCN2CCCC2)c1.Cl. The Morgan fingerprint density at radius 3 is 2.77 bits per heavy atom. The summed E-state index contributed by atoms with van der Waals surface area (Å²) in [5.41, 5.74) is 0.990. The zero-order valence-corrected chi connectivity index (χ0v) is 14.2. The zero-order valence-electron chi connectivity index (χ0n) is 13.3. The molecule has 22 heavy (non-hydrogen) atoms. The predicted molar refractivity (Wildman–Crippen MR) is 91.9 cm³/mol. The lowest BCUT2D eigenvalue weighted by Gasteiger charge is -2.14. The van der Waals surface area contributed by atoms with Crippen LogP contribution in [0.1, 0.15) is 31.2 Å². The molecule has 0 aromatic heterocycles. The highest BCUT2D eigenvalue weighted by Gasteiger charge is 2.10. The van der Waals surface area contributed by atoms with Gasteiger partial charge in [-0.05, 0) is 63.0 Å². The van der Waals surface area contributed by atoms with Crippen molar-refractivity contribution in [3.8, 4) is 5.75 Å². The molecule has 1 aliphatic rings. The summed E-state index contributed by atoms with van der Waals surface area (Å²) >= 11 is 0. The van der Waals surface area contributed by atoms with E-state index in [0.717, 1.165) is 24.3 Å². The number of benzene rings is 1. The number of carbonyl (C=O) groups is 1. The fourth-order valence-corrected chi connectivity index (χ4v) is 2.72. The van der Waals surface area contributed by atoms with Crippen molar-refractivity contribution in [3.05, 3.63) is 29.8 Å². The Bertz CT molecular complexity index is 448. The van der Waals surface area contributed by atoms with E-state index in [1.807, 2.05) is 24.3 Å². The molecule has 0 bridgehead atoms. The molecule has 5 heteroatoms. The maximum atomic E-state index is 11.9. The Morgan fingerprint density at radius 2 is 2.05 bits per heavy atom. The molecular formula is C17H27ClN2O2. The first-order valence-electron chi connectivity index (χ1n) is 7.90. The van der Waals surface area contributed by atoms with Gasteiger partial charge < -0.3 is 15.0 Å². The quantitative estimate of drug-likeness (QED) is 0.747. The van der Waals surface area contributed by atoms with E-state index in [0.29, 0.717) is 6.42 Å². The van der Waals surface area contributed by atoms with Crippen LogP contribution in [0.25, 0.3) is 0 Å². The maximum absolute atomic E-state index is 11.9. The highest BCUT2D eigenvalue weighted by Crippen LogP contribution is 2.12. The van der Waals surface area contributed by atoms with Crippen molar-refractivity contribution < 1.29 is 9.53 Å². The van der Waals surface area contributed by atoms with Gasteiger partial charge in [0.25, 0.3) is 0 Å². The van der Waals surface area contributed by atoms with E-state index in [9.17, 15) is 4.79 Å². The molecule has 1 amide bonds. The van der Waals surface area contributed by atoms with E-state index in [1.54, 1.807) is 7.11 Å². The summed E-state index contributed by atoms with van der Waals surface area (Å²) in [6.07, 6.45) is 5.33. The van der Waals surface area contributed by atoms with Gasteiger partial charge in [-0.25, -0.2) is 0 Å². The number of hydrogen-bond acceptors (Lipinski definition) is 3. The molecule has 0 radical (unpaired) electrons. The van der Waals surface area contributed by atoms with Crippen LogP contribution in [-0.4, -0.2) is 44.1 Å². The van der Waals surface area contributed by atoms with E-state index in [2.05, 4.69) is 10.2 Å². The van der Waals surface area contributed by atoms with Crippen LogP contribution in [0, 0.1) is 0 Å². The molecular weight excluding hydrogens is 300 g/mol. The molecule has 2 rings (SSSR count). The number of hydrogen-bond donors (Lipinski definition) is 1. The lowest BCUT2D eigenvalue weighted by Crippen LogP contribution is -2.27. The molecule has 1 N–H and O–H groups in total. The van der Waals surface area contributed by atoms with Gasteiger partial charge in [-0.2, -0.15) is 0 Å². The van der Waals surface area contributed by atoms with Gasteiger partial charge in [0, 0.05) is 6.54 Å². The summed E-state index contributed by atoms with van der Waals surface area (Å²) in [6, 6.07) is 7.67. The van der Waals surface area contributed by atoms with E-state index in [4.69, 9.17) is 4.74 Å². The average Bonchev–Trinajstić information content (AvgIpc) is 3.00. The number of nitrogens with zero attached hydrogens (tertiary/aromatic N) is 1. The number of carbonyl (C=O) groups excluding carboxylic acids is 1. The standard InChI is InChI=1S/C17H26N2O2.ClH/c1-21-16-8-6-7-15(13-16)14-17(20)18-9-2-3-10-19-11-4-5-12-19;/h6-8,13H,2-5,9-12,14H2,1H3,(H,18,20);1H. The highest BCUT2D eigenvalue weighted by atomic mass is 35.5. The van der Waals surface area contributed by atoms with Gasteiger partial charge in [0.05, 0.1) is 13.5 Å². The number of nitrogens with one attached hydrogen (secondary N) is 1. The third kappa shape index (κ3) is 6.67. The monoisotopic (exact) mass is 326 g/mol. The van der Waals surface area contributed by atoms with Crippen LogP contribution in [0.2, 0.25) is 0 Å². The van der Waals surface area contributed by atoms with E-state index in [-0.39, 0.29) is 18.3 Å². The Kier molecular flexibility index (Phi) is 8.94. The van der Waals surface area contributed by atoms with Gasteiger partial charge in [-0.15, -0.1) is 12.4 Å². The molecule has 0 spiro atoms. The summed E-state index contributed by atoms with van der Waals surface area (Å²) in [7, 11) is 1.64. The third-order valence-corrected chi connectivity index (χ3v) is 3.92. The number of halogens is 1. The van der Waals surface area contributed by atoms with Gasteiger partial charge in [0.1, 0.15) is 5.75 Å². The van der Waals surface area contributed by atoms with Crippen molar-refractivity contribution in [1.29, 1.82) is 0 Å². The summed E-state index contributed by atoms with van der Waals surface area (Å²) in [4.78, 5) is 14.4. The Labute approximate surface area is 139 Å². The normalized spacial score (nSPS) is 14.4. The molecule has 1 aromatic rings. The second-order valence-electron chi connectivity index (χ2n) is 5.63. The first kappa shape index (κ1) is 18.8. The Morgan fingerprint density at radius 1 is 1.27 bits per heavy atom. The molecule has 1 heterocycles. The summed E-state index contributed by atoms with van der Waals surface area (Å²) in [5.74, 6) is 0.885. The lowest BCUT2D eigenvalue weighted by atomic mass is 10.1. The largest absolute Gasteiger partial charge is 0.497 e. The lowest BCUT2D eigenvalue weighted by molar-refractivity contribution is -0.120. The molecule has 1 aliphatic heterocycles. The molecule has 1 saturated heterocycles. The van der Waals surface area contributed by atoms with E-state index >= 15 is 0 Å². The van der Waals surface area contributed by atoms with Crippen LogP contribution in [0.4, 0.5) is 0 Å². The number of rotatable bonds is 8. The maximum Gasteiger partial charge on any atom is 0.224 e. The van der Waals surface area contributed by atoms with Crippen LogP contribution in [0.3, 0.4) is 0 Å². The predicted octanol–water partition coefficient (Wildman–Crippen LogP) is 2.65. The number of methoxy groups -OCH3 is 1. The number of unbranched alkanes of at least 4 members (excludes halogenated alkanes) is 1. The topological polar surface area (TPSA) is 41.6 Å². The van der Waals surface area contributed by atoms with Crippen LogP contribution in [-0.2, 0) is 11.2 Å². The first-order valence-corrected chi connectivity index (χ1v) is 7.90. The van der Waals surface area contributed by atoms with Crippen molar-refractivity contribution in [2.45, 2.75) is 32.1 Å². The average molecular weight is 327 g/mol. The minimum atomic E-state index is 0. The first-order chi connectivity index (χ1) is 10.3. The highest BCUT2D eigenvalue weighted by molar-refractivity contribution is 5.85. The minimum Gasteiger partial charge on any atom is -0.497 e. The van der Waals surface area contributed by atoms with Crippen LogP contribution < -0.4 is 10.1 Å². The van der Waals surface area contributed by atoms with Crippen molar-refractivity contribution in [2.24, 2.45) is 0 Å². The van der Waals surface area contributed by atoms with Gasteiger partial charge in [-0.3, -0.25) is 4.79 Å². The molecule has 1 fully saturated rings. The van der Waals surface area contributed by atoms with Gasteiger partial charge in [0.15, 0.2) is 0 Å². The molecule has 1 aromatic carbocycles. The zero-order chi connectivity index (χ0) is 14.9. The molecule has 0 atom stereocenters. The Hall–Kier alpha value is -1.26. The van der Waals surface area contributed by atoms with Crippen LogP contribution in [0.5, 0.6) is 5.75 Å². The van der Waals surface area contributed by atoms with Crippen molar-refractivity contribution in [1.82, 2.24) is 10.2 Å². The molecule has 0 aliphatic carbocycles. The van der Waals surface area contributed by atoms with Crippen LogP contribution in [0.15, 0.2) is 24.3 Å².